The third-order valence-electron chi connectivity index (χ3n) is 4.37. The molecule has 4 rings (SSSR count). The van der Waals surface area contributed by atoms with Crippen LogP contribution in [0.2, 0.25) is 0 Å². The maximum Gasteiger partial charge on any atom is 0.231 e. The summed E-state index contributed by atoms with van der Waals surface area (Å²) in [5.41, 5.74) is 1.33. The second-order valence-electron chi connectivity index (χ2n) is 6.51. The molecule has 9 heteroatoms. The molecule has 0 radical (unpaired) electrons. The van der Waals surface area contributed by atoms with Crippen molar-refractivity contribution in [3.05, 3.63) is 53.8 Å². The third-order valence-corrected chi connectivity index (χ3v) is 5.54. The van der Waals surface area contributed by atoms with Gasteiger partial charge in [0.25, 0.3) is 0 Å². The molecule has 0 bridgehead atoms. The van der Waals surface area contributed by atoms with Crippen LogP contribution in [0.15, 0.2) is 47.6 Å². The van der Waals surface area contributed by atoms with Crippen LogP contribution in [0.4, 0.5) is 4.39 Å². The molecule has 0 spiro atoms. The van der Waals surface area contributed by atoms with E-state index in [1.807, 2.05) is 18.2 Å². The van der Waals surface area contributed by atoms with Gasteiger partial charge in [-0.2, -0.15) is 0 Å². The smallest absolute Gasteiger partial charge is 0.231 e. The van der Waals surface area contributed by atoms with E-state index in [0.29, 0.717) is 34.7 Å². The average Bonchev–Trinajstić information content (AvgIpc) is 3.33. The molecule has 3 aromatic rings. The number of hydrogen-bond acceptors (Lipinski definition) is 7. The minimum Gasteiger partial charge on any atom is -0.454 e. The fourth-order valence-corrected chi connectivity index (χ4v) is 3.70. The summed E-state index contributed by atoms with van der Waals surface area (Å²) in [4.78, 5) is 0. The van der Waals surface area contributed by atoms with Crippen LogP contribution in [0.5, 0.6) is 11.5 Å². The van der Waals surface area contributed by atoms with E-state index in [2.05, 4.69) is 10.2 Å². The number of aromatic nitrogens is 3. The molecule has 1 atom stereocenters. The van der Waals surface area contributed by atoms with Crippen molar-refractivity contribution in [2.75, 3.05) is 19.2 Å². The van der Waals surface area contributed by atoms with Gasteiger partial charge in [-0.05, 0) is 29.8 Å². The number of thioether (sulfide) groups is 1. The number of aliphatic hydroxyl groups excluding tert-OH is 1. The second kappa shape index (κ2) is 8.81. The molecule has 1 N–H and O–H groups in total. The lowest BCUT2D eigenvalue weighted by Crippen LogP contribution is -2.18. The number of nitrogens with zero attached hydrogens (tertiary/aromatic N) is 3. The van der Waals surface area contributed by atoms with Crippen molar-refractivity contribution in [2.24, 2.45) is 7.05 Å². The highest BCUT2D eigenvalue weighted by Crippen LogP contribution is 2.32. The van der Waals surface area contributed by atoms with Crippen LogP contribution >= 0.6 is 11.8 Å². The molecule has 152 valence electrons. The third kappa shape index (κ3) is 4.52. The quantitative estimate of drug-likeness (QED) is 0.565. The van der Waals surface area contributed by atoms with Crippen molar-refractivity contribution in [3.63, 3.8) is 0 Å². The van der Waals surface area contributed by atoms with Crippen LogP contribution in [0.1, 0.15) is 5.56 Å². The Morgan fingerprint density at radius 2 is 2.03 bits per heavy atom. The van der Waals surface area contributed by atoms with E-state index in [0.717, 1.165) is 11.3 Å². The molecule has 7 nitrogen and oxygen atoms in total. The van der Waals surface area contributed by atoms with Gasteiger partial charge in [0.05, 0.1) is 24.9 Å². The normalized spacial score (nSPS) is 13.6. The zero-order chi connectivity index (χ0) is 20.2. The summed E-state index contributed by atoms with van der Waals surface area (Å²) in [6, 6.07) is 12.0. The monoisotopic (exact) mass is 417 g/mol. The van der Waals surface area contributed by atoms with Gasteiger partial charge in [0, 0.05) is 12.8 Å². The number of ether oxygens (including phenoxy) is 3. The van der Waals surface area contributed by atoms with E-state index in [1.165, 1.54) is 17.8 Å². The minimum absolute atomic E-state index is 0.180. The maximum atomic E-state index is 14.0. The SMILES string of the molecule is Cn1c(SCC(O)COCc2ccc3c(c2)OCO3)nnc1-c1ccccc1F. The van der Waals surface area contributed by atoms with Crippen LogP contribution in [-0.4, -0.2) is 45.1 Å². The number of hydrogen-bond donors (Lipinski definition) is 1. The van der Waals surface area contributed by atoms with E-state index in [1.54, 1.807) is 29.8 Å². The molecule has 0 saturated heterocycles. The highest BCUT2D eigenvalue weighted by atomic mass is 32.2. The number of rotatable bonds is 8. The Balaban J connectivity index is 1.27. The molecule has 29 heavy (non-hydrogen) atoms. The Labute approximate surface area is 171 Å². The summed E-state index contributed by atoms with van der Waals surface area (Å²) < 4.78 is 31.9. The summed E-state index contributed by atoms with van der Waals surface area (Å²) >= 11 is 1.34. The van der Waals surface area contributed by atoms with Gasteiger partial charge >= 0.3 is 0 Å². The first-order chi connectivity index (χ1) is 14.1. The Morgan fingerprint density at radius 1 is 1.21 bits per heavy atom. The van der Waals surface area contributed by atoms with Crippen molar-refractivity contribution in [1.29, 1.82) is 0 Å². The topological polar surface area (TPSA) is 78.6 Å². The molecular weight excluding hydrogens is 397 g/mol. The van der Waals surface area contributed by atoms with Crippen LogP contribution in [0.3, 0.4) is 0 Å². The lowest BCUT2D eigenvalue weighted by Gasteiger charge is -2.11. The Morgan fingerprint density at radius 3 is 2.90 bits per heavy atom. The first-order valence-corrected chi connectivity index (χ1v) is 10.0. The first-order valence-electron chi connectivity index (χ1n) is 9.03. The van der Waals surface area contributed by atoms with Gasteiger partial charge in [0.2, 0.25) is 6.79 Å². The lowest BCUT2D eigenvalue weighted by atomic mass is 10.2. The van der Waals surface area contributed by atoms with Gasteiger partial charge in [-0.15, -0.1) is 10.2 Å². The van der Waals surface area contributed by atoms with Crippen molar-refractivity contribution < 1.29 is 23.7 Å². The van der Waals surface area contributed by atoms with Gasteiger partial charge in [-0.25, -0.2) is 4.39 Å². The van der Waals surface area contributed by atoms with Crippen LogP contribution in [-0.2, 0) is 18.4 Å². The van der Waals surface area contributed by atoms with Crippen molar-refractivity contribution >= 4 is 11.8 Å². The van der Waals surface area contributed by atoms with E-state index in [9.17, 15) is 9.50 Å². The lowest BCUT2D eigenvalue weighted by molar-refractivity contribution is 0.0397. The van der Waals surface area contributed by atoms with Gasteiger partial charge in [0.15, 0.2) is 22.5 Å². The van der Waals surface area contributed by atoms with Crippen molar-refractivity contribution in [3.8, 4) is 22.9 Å². The van der Waals surface area contributed by atoms with Crippen LogP contribution in [0.25, 0.3) is 11.4 Å². The van der Waals surface area contributed by atoms with E-state index in [4.69, 9.17) is 14.2 Å². The standard InChI is InChI=1S/C20H20FN3O4S/c1-24-19(15-4-2-3-5-16(15)21)22-23-20(24)29-11-14(25)10-26-9-13-6-7-17-18(8-13)28-12-27-17/h2-8,14,25H,9-12H2,1H3. The highest BCUT2D eigenvalue weighted by molar-refractivity contribution is 7.99. The summed E-state index contributed by atoms with van der Waals surface area (Å²) in [6.45, 7) is 0.773. The fraction of sp³-hybridized carbons (Fsp3) is 0.300. The predicted octanol–water partition coefficient (Wildman–Crippen LogP) is 3.02. The highest BCUT2D eigenvalue weighted by Gasteiger charge is 2.16. The Hall–Kier alpha value is -2.62. The molecule has 0 aliphatic carbocycles. The van der Waals surface area contributed by atoms with E-state index < -0.39 is 6.10 Å². The van der Waals surface area contributed by atoms with Gasteiger partial charge in [-0.3, -0.25) is 0 Å². The van der Waals surface area contributed by atoms with Gasteiger partial charge in [0.1, 0.15) is 5.82 Å². The van der Waals surface area contributed by atoms with E-state index >= 15 is 0 Å². The molecular formula is C20H20FN3O4S. The summed E-state index contributed by atoms with van der Waals surface area (Å²) in [7, 11) is 1.77. The minimum atomic E-state index is -0.678. The molecule has 2 aromatic carbocycles. The van der Waals surface area contributed by atoms with Crippen molar-refractivity contribution in [1.82, 2.24) is 14.8 Å². The molecule has 1 aromatic heterocycles. The molecule has 1 aliphatic heterocycles. The number of aliphatic hydroxyl groups is 1. The molecule has 0 saturated carbocycles. The van der Waals surface area contributed by atoms with Crippen LogP contribution in [0, 0.1) is 5.82 Å². The van der Waals surface area contributed by atoms with Gasteiger partial charge < -0.3 is 23.9 Å². The molecule has 1 unspecified atom stereocenters. The Bertz CT molecular complexity index is 998. The predicted molar refractivity (Wildman–Crippen MR) is 105 cm³/mol. The second-order valence-corrected chi connectivity index (χ2v) is 7.50. The fourth-order valence-electron chi connectivity index (χ4n) is 2.88. The molecule has 1 aliphatic rings. The molecule has 0 amide bonds. The zero-order valence-corrected chi connectivity index (χ0v) is 16.6. The summed E-state index contributed by atoms with van der Waals surface area (Å²) in [5, 5.41) is 19.0. The zero-order valence-electron chi connectivity index (χ0n) is 15.7. The van der Waals surface area contributed by atoms with E-state index in [-0.39, 0.29) is 19.2 Å². The number of halogens is 1. The summed E-state index contributed by atoms with van der Waals surface area (Å²) in [6.07, 6.45) is -0.678. The first kappa shape index (κ1) is 19.7. The Kier molecular flexibility index (Phi) is 5.98. The maximum absolute atomic E-state index is 14.0. The number of benzene rings is 2. The van der Waals surface area contributed by atoms with Crippen molar-refractivity contribution in [2.45, 2.75) is 17.9 Å². The average molecular weight is 417 g/mol. The molecule has 2 heterocycles. The molecule has 0 fully saturated rings. The summed E-state index contributed by atoms with van der Waals surface area (Å²) in [5.74, 6) is 1.90. The largest absolute Gasteiger partial charge is 0.454 e. The number of fused-ring (bicyclic) bond motifs is 1. The van der Waals surface area contributed by atoms with Gasteiger partial charge in [-0.1, -0.05) is 30.0 Å². The van der Waals surface area contributed by atoms with Crippen LogP contribution < -0.4 is 9.47 Å².